The first-order valence-electron chi connectivity index (χ1n) is 8.48. The highest BCUT2D eigenvalue weighted by Crippen LogP contribution is 2.21. The van der Waals surface area contributed by atoms with Gasteiger partial charge in [-0.2, -0.15) is 0 Å². The van der Waals surface area contributed by atoms with Gasteiger partial charge >= 0.3 is 6.03 Å². The molecule has 0 saturated carbocycles. The number of hydrogen-bond donors (Lipinski definition) is 2. The normalized spacial score (nSPS) is 14.5. The summed E-state index contributed by atoms with van der Waals surface area (Å²) in [5.41, 5.74) is 1.07. The lowest BCUT2D eigenvalue weighted by molar-refractivity contribution is 0.240. The minimum atomic E-state index is -0.144. The molecule has 2 aromatic heterocycles. The molecule has 1 aliphatic rings. The number of anilines is 1. The van der Waals surface area contributed by atoms with Gasteiger partial charge in [0.1, 0.15) is 5.82 Å². The molecule has 0 aliphatic carbocycles. The van der Waals surface area contributed by atoms with Gasteiger partial charge in [-0.1, -0.05) is 6.07 Å². The van der Waals surface area contributed by atoms with Gasteiger partial charge in [0.15, 0.2) is 0 Å². The van der Waals surface area contributed by atoms with E-state index >= 15 is 0 Å². The molecule has 0 atom stereocenters. The van der Waals surface area contributed by atoms with Crippen molar-refractivity contribution in [2.24, 2.45) is 0 Å². The predicted octanol–water partition coefficient (Wildman–Crippen LogP) is 3.44. The smallest absolute Gasteiger partial charge is 0.315 e. The van der Waals surface area contributed by atoms with Crippen molar-refractivity contribution >= 4 is 23.2 Å². The average molecular weight is 344 g/mol. The average Bonchev–Trinajstić information content (AvgIpc) is 3.04. The molecule has 2 aromatic rings. The summed E-state index contributed by atoms with van der Waals surface area (Å²) in [6.07, 6.45) is 5.54. The van der Waals surface area contributed by atoms with Gasteiger partial charge in [-0.15, -0.1) is 11.3 Å². The van der Waals surface area contributed by atoms with Gasteiger partial charge in [-0.25, -0.2) is 9.78 Å². The van der Waals surface area contributed by atoms with E-state index in [1.54, 1.807) is 11.3 Å². The molecule has 3 heterocycles. The van der Waals surface area contributed by atoms with Crippen LogP contribution in [0.15, 0.2) is 30.5 Å². The Kier molecular flexibility index (Phi) is 5.69. The van der Waals surface area contributed by atoms with Crippen molar-refractivity contribution in [1.29, 1.82) is 0 Å². The van der Waals surface area contributed by atoms with Crippen molar-refractivity contribution in [3.63, 3.8) is 0 Å². The predicted molar refractivity (Wildman–Crippen MR) is 98.4 cm³/mol. The standard InChI is InChI=1S/C18H24N4OS/c1-14-7-8-16(24-14)13-21-18(23)20-12-15-6-5-9-19-17(15)22-10-3-2-4-11-22/h5-9H,2-4,10-13H2,1H3,(H2,20,21,23). The van der Waals surface area contributed by atoms with Crippen LogP contribution in [0.5, 0.6) is 0 Å². The monoisotopic (exact) mass is 344 g/mol. The molecular formula is C18H24N4OS. The number of aryl methyl sites for hydroxylation is 1. The number of aromatic nitrogens is 1. The van der Waals surface area contributed by atoms with Crippen LogP contribution in [-0.2, 0) is 13.1 Å². The van der Waals surface area contributed by atoms with Gasteiger partial charge in [0.25, 0.3) is 0 Å². The van der Waals surface area contributed by atoms with E-state index in [1.165, 1.54) is 24.1 Å². The largest absolute Gasteiger partial charge is 0.356 e. The number of carbonyl (C=O) groups is 1. The van der Waals surface area contributed by atoms with E-state index in [0.717, 1.165) is 29.3 Å². The number of carbonyl (C=O) groups excluding carboxylic acids is 1. The molecular weight excluding hydrogens is 320 g/mol. The maximum Gasteiger partial charge on any atom is 0.315 e. The zero-order valence-corrected chi connectivity index (χ0v) is 14.9. The number of urea groups is 1. The Morgan fingerprint density at radius 1 is 1.17 bits per heavy atom. The van der Waals surface area contributed by atoms with Crippen molar-refractivity contribution < 1.29 is 4.79 Å². The fourth-order valence-electron chi connectivity index (χ4n) is 2.94. The van der Waals surface area contributed by atoms with Crippen LogP contribution in [0.2, 0.25) is 0 Å². The van der Waals surface area contributed by atoms with Crippen LogP contribution in [-0.4, -0.2) is 24.1 Å². The van der Waals surface area contributed by atoms with Crippen molar-refractivity contribution in [1.82, 2.24) is 15.6 Å². The molecule has 5 nitrogen and oxygen atoms in total. The minimum Gasteiger partial charge on any atom is -0.356 e. The molecule has 0 unspecified atom stereocenters. The summed E-state index contributed by atoms with van der Waals surface area (Å²) in [6, 6.07) is 7.95. The van der Waals surface area contributed by atoms with Crippen molar-refractivity contribution in [3.05, 3.63) is 45.8 Å². The summed E-state index contributed by atoms with van der Waals surface area (Å²) >= 11 is 1.71. The molecule has 3 rings (SSSR count). The van der Waals surface area contributed by atoms with Gasteiger partial charge in [-0.05, 0) is 44.4 Å². The third kappa shape index (κ3) is 4.47. The second kappa shape index (κ2) is 8.15. The molecule has 1 aliphatic heterocycles. The molecule has 0 spiro atoms. The first-order valence-corrected chi connectivity index (χ1v) is 9.30. The van der Waals surface area contributed by atoms with E-state index < -0.39 is 0 Å². The van der Waals surface area contributed by atoms with Crippen LogP contribution in [0.1, 0.15) is 34.6 Å². The van der Waals surface area contributed by atoms with Crippen LogP contribution in [0.25, 0.3) is 0 Å². The minimum absolute atomic E-state index is 0.144. The van der Waals surface area contributed by atoms with E-state index in [4.69, 9.17) is 0 Å². The molecule has 2 amide bonds. The lowest BCUT2D eigenvalue weighted by Gasteiger charge is -2.29. The van der Waals surface area contributed by atoms with Crippen molar-refractivity contribution in [3.8, 4) is 0 Å². The second-order valence-electron chi connectivity index (χ2n) is 6.08. The molecule has 1 saturated heterocycles. The third-order valence-electron chi connectivity index (χ3n) is 4.18. The van der Waals surface area contributed by atoms with Crippen LogP contribution < -0.4 is 15.5 Å². The highest BCUT2D eigenvalue weighted by atomic mass is 32.1. The molecule has 0 aromatic carbocycles. The Morgan fingerprint density at radius 2 is 1.96 bits per heavy atom. The second-order valence-corrected chi connectivity index (χ2v) is 7.45. The summed E-state index contributed by atoms with van der Waals surface area (Å²) in [6.45, 7) is 5.23. The van der Waals surface area contributed by atoms with E-state index in [0.29, 0.717) is 13.1 Å². The van der Waals surface area contributed by atoms with Crippen molar-refractivity contribution in [2.45, 2.75) is 39.3 Å². The molecule has 0 radical (unpaired) electrons. The van der Waals surface area contributed by atoms with Crippen LogP contribution in [0.4, 0.5) is 10.6 Å². The van der Waals surface area contributed by atoms with Gasteiger partial charge in [0.05, 0.1) is 6.54 Å². The third-order valence-corrected chi connectivity index (χ3v) is 5.18. The molecule has 2 N–H and O–H groups in total. The number of nitrogens with one attached hydrogen (secondary N) is 2. The number of nitrogens with zero attached hydrogens (tertiary/aromatic N) is 2. The summed E-state index contributed by atoms with van der Waals surface area (Å²) in [5.74, 6) is 1.01. The molecule has 1 fully saturated rings. The molecule has 128 valence electrons. The maximum absolute atomic E-state index is 12.0. The lowest BCUT2D eigenvalue weighted by Crippen LogP contribution is -2.36. The Morgan fingerprint density at radius 3 is 2.71 bits per heavy atom. The van der Waals surface area contributed by atoms with Gasteiger partial charge in [-0.3, -0.25) is 0 Å². The lowest BCUT2D eigenvalue weighted by atomic mass is 10.1. The van der Waals surface area contributed by atoms with E-state index in [1.807, 2.05) is 18.3 Å². The summed E-state index contributed by atoms with van der Waals surface area (Å²) < 4.78 is 0. The molecule has 24 heavy (non-hydrogen) atoms. The highest BCUT2D eigenvalue weighted by Gasteiger charge is 2.15. The first-order chi connectivity index (χ1) is 11.7. The van der Waals surface area contributed by atoms with E-state index in [2.05, 4.69) is 39.6 Å². The van der Waals surface area contributed by atoms with E-state index in [9.17, 15) is 4.79 Å². The number of pyridine rings is 1. The van der Waals surface area contributed by atoms with Crippen LogP contribution in [0, 0.1) is 6.92 Å². The Balaban J connectivity index is 1.53. The number of rotatable bonds is 5. The number of thiophene rings is 1. The van der Waals surface area contributed by atoms with Gasteiger partial charge in [0.2, 0.25) is 0 Å². The number of hydrogen-bond acceptors (Lipinski definition) is 4. The van der Waals surface area contributed by atoms with Gasteiger partial charge < -0.3 is 15.5 Å². The van der Waals surface area contributed by atoms with Crippen LogP contribution in [0.3, 0.4) is 0 Å². The Bertz CT molecular complexity index is 679. The SMILES string of the molecule is Cc1ccc(CNC(=O)NCc2cccnc2N2CCCCC2)s1. The quantitative estimate of drug-likeness (QED) is 0.873. The zero-order valence-electron chi connectivity index (χ0n) is 14.0. The van der Waals surface area contributed by atoms with Gasteiger partial charge in [0, 0.05) is 41.1 Å². The highest BCUT2D eigenvalue weighted by molar-refractivity contribution is 7.11. The first kappa shape index (κ1) is 16.8. The zero-order chi connectivity index (χ0) is 16.8. The topological polar surface area (TPSA) is 57.3 Å². The Hall–Kier alpha value is -2.08. The maximum atomic E-state index is 12.0. The summed E-state index contributed by atoms with van der Waals surface area (Å²) in [4.78, 5) is 21.3. The van der Waals surface area contributed by atoms with E-state index in [-0.39, 0.29) is 6.03 Å². The summed E-state index contributed by atoms with van der Waals surface area (Å²) in [5, 5.41) is 5.85. The van der Waals surface area contributed by atoms with Crippen LogP contribution >= 0.6 is 11.3 Å². The fourth-order valence-corrected chi connectivity index (χ4v) is 3.77. The number of piperidine rings is 1. The summed E-state index contributed by atoms with van der Waals surface area (Å²) in [7, 11) is 0. The molecule has 6 heteroatoms. The Labute approximate surface area is 147 Å². The number of amides is 2. The fraction of sp³-hybridized carbons (Fsp3) is 0.444. The van der Waals surface area contributed by atoms with Crippen molar-refractivity contribution in [2.75, 3.05) is 18.0 Å². The molecule has 0 bridgehead atoms.